The van der Waals surface area contributed by atoms with Gasteiger partial charge in [0.25, 0.3) is 0 Å². The van der Waals surface area contributed by atoms with Crippen molar-refractivity contribution in [1.82, 2.24) is 5.32 Å². The Balaban J connectivity index is 4.07. The number of alkyl halides is 3. The fourth-order valence-corrected chi connectivity index (χ4v) is 0.583. The highest BCUT2D eigenvalue weighted by Crippen LogP contribution is 2.21. The molecule has 66 valence electrons. The lowest BCUT2D eigenvalue weighted by Crippen LogP contribution is -2.42. The summed E-state index contributed by atoms with van der Waals surface area (Å²) in [6.07, 6.45) is -5.14. The van der Waals surface area contributed by atoms with Crippen molar-refractivity contribution in [3.05, 3.63) is 0 Å². The third-order valence-electron chi connectivity index (χ3n) is 1.15. The molecule has 0 aromatic heterocycles. The van der Waals surface area contributed by atoms with E-state index in [1.807, 2.05) is 5.32 Å². The van der Waals surface area contributed by atoms with E-state index < -0.39 is 24.5 Å². The Labute approximate surface area is 61.7 Å². The van der Waals surface area contributed by atoms with Crippen molar-refractivity contribution in [2.45, 2.75) is 18.6 Å². The van der Waals surface area contributed by atoms with Crippen LogP contribution in [0.4, 0.5) is 13.2 Å². The Bertz CT molecular complexity index is 145. The molecule has 0 fully saturated rings. The average Bonchev–Trinajstić information content (AvgIpc) is 1.79. The summed E-state index contributed by atoms with van der Waals surface area (Å²) in [5.74, 6) is -0.971. The molecule has 1 atom stereocenters. The summed E-state index contributed by atoms with van der Waals surface area (Å²) in [6.45, 7) is 0. The van der Waals surface area contributed by atoms with Crippen molar-refractivity contribution in [3.63, 3.8) is 0 Å². The minimum atomic E-state index is -4.41. The summed E-state index contributed by atoms with van der Waals surface area (Å²) in [4.78, 5) is 10.1. The SMILES string of the molecule is CN[C@H](CC(N)=O)C(F)(F)F. The third kappa shape index (κ3) is 3.82. The summed E-state index contributed by atoms with van der Waals surface area (Å²) in [7, 11) is 1.13. The molecule has 0 bridgehead atoms. The topological polar surface area (TPSA) is 55.1 Å². The van der Waals surface area contributed by atoms with Crippen LogP contribution in [-0.2, 0) is 4.79 Å². The predicted octanol–water partition coefficient (Wildman–Crippen LogP) is 0.0121. The van der Waals surface area contributed by atoms with Crippen LogP contribution in [0, 0.1) is 0 Å². The van der Waals surface area contributed by atoms with Crippen LogP contribution < -0.4 is 11.1 Å². The van der Waals surface area contributed by atoms with Crippen molar-refractivity contribution in [2.24, 2.45) is 5.73 Å². The Hall–Kier alpha value is -0.780. The highest BCUT2D eigenvalue weighted by Gasteiger charge is 2.39. The molecule has 0 rings (SSSR count). The molecule has 0 heterocycles. The first-order valence-corrected chi connectivity index (χ1v) is 2.90. The average molecular weight is 170 g/mol. The number of rotatable bonds is 3. The Morgan fingerprint density at radius 2 is 2.09 bits per heavy atom. The van der Waals surface area contributed by atoms with Crippen LogP contribution >= 0.6 is 0 Å². The minimum Gasteiger partial charge on any atom is -0.370 e. The number of primary amides is 1. The number of nitrogens with one attached hydrogen (secondary N) is 1. The maximum atomic E-state index is 11.8. The van der Waals surface area contributed by atoms with E-state index in [2.05, 4.69) is 5.73 Å². The molecule has 3 N–H and O–H groups in total. The number of nitrogens with two attached hydrogens (primary N) is 1. The molecule has 0 radical (unpaired) electrons. The second-order valence-corrected chi connectivity index (χ2v) is 2.05. The zero-order valence-corrected chi connectivity index (χ0v) is 5.90. The van der Waals surface area contributed by atoms with Gasteiger partial charge in [-0.2, -0.15) is 13.2 Å². The number of hydrogen-bond acceptors (Lipinski definition) is 2. The highest BCUT2D eigenvalue weighted by atomic mass is 19.4. The maximum absolute atomic E-state index is 11.8. The number of hydrogen-bond donors (Lipinski definition) is 2. The quantitative estimate of drug-likeness (QED) is 0.627. The Morgan fingerprint density at radius 3 is 2.18 bits per heavy atom. The summed E-state index contributed by atoms with van der Waals surface area (Å²) < 4.78 is 35.4. The van der Waals surface area contributed by atoms with Gasteiger partial charge in [-0.1, -0.05) is 0 Å². The smallest absolute Gasteiger partial charge is 0.370 e. The van der Waals surface area contributed by atoms with Crippen LogP contribution in [0.2, 0.25) is 0 Å². The first-order valence-electron chi connectivity index (χ1n) is 2.90. The van der Waals surface area contributed by atoms with Crippen molar-refractivity contribution in [3.8, 4) is 0 Å². The van der Waals surface area contributed by atoms with Crippen LogP contribution in [0.3, 0.4) is 0 Å². The number of carbonyl (C=O) groups excluding carboxylic acids is 1. The van der Waals surface area contributed by atoms with E-state index in [9.17, 15) is 18.0 Å². The van der Waals surface area contributed by atoms with Gasteiger partial charge in [0.2, 0.25) is 5.91 Å². The largest absolute Gasteiger partial charge is 0.404 e. The summed E-state index contributed by atoms with van der Waals surface area (Å²) in [6, 6.07) is -1.83. The molecule has 0 aliphatic heterocycles. The number of halogens is 3. The molecule has 0 aromatic rings. The Morgan fingerprint density at radius 1 is 1.64 bits per heavy atom. The fourth-order valence-electron chi connectivity index (χ4n) is 0.583. The second-order valence-electron chi connectivity index (χ2n) is 2.05. The molecule has 0 saturated carbocycles. The molecular weight excluding hydrogens is 161 g/mol. The predicted molar refractivity (Wildman–Crippen MR) is 32.7 cm³/mol. The van der Waals surface area contributed by atoms with Gasteiger partial charge in [0.1, 0.15) is 6.04 Å². The van der Waals surface area contributed by atoms with E-state index >= 15 is 0 Å². The first kappa shape index (κ1) is 10.2. The molecular formula is C5H9F3N2O. The minimum absolute atomic E-state index is 0.722. The molecule has 0 unspecified atom stereocenters. The molecule has 0 spiro atoms. The van der Waals surface area contributed by atoms with E-state index in [0.29, 0.717) is 0 Å². The van der Waals surface area contributed by atoms with E-state index in [1.54, 1.807) is 0 Å². The molecule has 0 aliphatic rings. The zero-order valence-electron chi connectivity index (χ0n) is 5.90. The van der Waals surface area contributed by atoms with Gasteiger partial charge in [0.05, 0.1) is 6.42 Å². The Kier molecular flexibility index (Phi) is 3.31. The zero-order chi connectivity index (χ0) is 9.07. The number of amides is 1. The van der Waals surface area contributed by atoms with Crippen LogP contribution in [0.5, 0.6) is 0 Å². The lowest BCUT2D eigenvalue weighted by Gasteiger charge is -2.17. The van der Waals surface area contributed by atoms with Gasteiger partial charge in [-0.25, -0.2) is 0 Å². The maximum Gasteiger partial charge on any atom is 0.404 e. The standard InChI is InChI=1S/C5H9F3N2O/c1-10-3(2-4(9)11)5(6,7)8/h3,10H,2H2,1H3,(H2,9,11)/t3-/m1/s1. The van der Waals surface area contributed by atoms with Gasteiger partial charge in [-0.05, 0) is 7.05 Å². The van der Waals surface area contributed by atoms with Gasteiger partial charge in [-0.3, -0.25) is 4.79 Å². The van der Waals surface area contributed by atoms with Crippen molar-refractivity contribution < 1.29 is 18.0 Å². The summed E-state index contributed by atoms with van der Waals surface area (Å²) >= 11 is 0. The number of carbonyl (C=O) groups is 1. The normalized spacial score (nSPS) is 14.5. The van der Waals surface area contributed by atoms with Crippen molar-refractivity contribution in [1.29, 1.82) is 0 Å². The monoisotopic (exact) mass is 170 g/mol. The van der Waals surface area contributed by atoms with E-state index in [-0.39, 0.29) is 0 Å². The molecule has 1 amide bonds. The van der Waals surface area contributed by atoms with E-state index in [0.717, 1.165) is 7.05 Å². The highest BCUT2D eigenvalue weighted by molar-refractivity contribution is 5.74. The molecule has 3 nitrogen and oxygen atoms in total. The summed E-state index contributed by atoms with van der Waals surface area (Å²) in [5.41, 5.74) is 4.59. The second kappa shape index (κ2) is 3.56. The lowest BCUT2D eigenvalue weighted by molar-refractivity contribution is -0.159. The molecule has 6 heteroatoms. The fraction of sp³-hybridized carbons (Fsp3) is 0.800. The molecule has 0 aliphatic carbocycles. The third-order valence-corrected chi connectivity index (χ3v) is 1.15. The van der Waals surface area contributed by atoms with Gasteiger partial charge < -0.3 is 11.1 Å². The van der Waals surface area contributed by atoms with Crippen LogP contribution in [0.15, 0.2) is 0 Å². The van der Waals surface area contributed by atoms with Gasteiger partial charge in [-0.15, -0.1) is 0 Å². The van der Waals surface area contributed by atoms with Crippen LogP contribution in [-0.4, -0.2) is 25.2 Å². The summed E-state index contributed by atoms with van der Waals surface area (Å²) in [5, 5.41) is 1.95. The molecule has 0 aromatic carbocycles. The molecule has 0 saturated heterocycles. The van der Waals surface area contributed by atoms with Crippen LogP contribution in [0.25, 0.3) is 0 Å². The van der Waals surface area contributed by atoms with E-state index in [4.69, 9.17) is 0 Å². The van der Waals surface area contributed by atoms with Gasteiger partial charge in [0, 0.05) is 0 Å². The molecule has 11 heavy (non-hydrogen) atoms. The lowest BCUT2D eigenvalue weighted by atomic mass is 10.2. The van der Waals surface area contributed by atoms with Gasteiger partial charge >= 0.3 is 6.18 Å². The van der Waals surface area contributed by atoms with Crippen LogP contribution in [0.1, 0.15) is 6.42 Å². The van der Waals surface area contributed by atoms with Gasteiger partial charge in [0.15, 0.2) is 0 Å². The van der Waals surface area contributed by atoms with Crippen molar-refractivity contribution in [2.75, 3.05) is 7.05 Å². The first-order chi connectivity index (χ1) is 4.88. The van der Waals surface area contributed by atoms with Crippen molar-refractivity contribution >= 4 is 5.91 Å². The van der Waals surface area contributed by atoms with E-state index in [1.165, 1.54) is 0 Å².